The molecule has 4 atom stereocenters. The van der Waals surface area contributed by atoms with Gasteiger partial charge in [-0.1, -0.05) is 20.3 Å². The standard InChI is InChI=1S/C21H31N3O6S/c1-4-23(5-2)31(28,29)17-8-9-20(19(12-17)24(26)27)30-13-21(25)22-14(3)18-11-15-6-7-16(18)10-15/h8-9,12,14-16,18H,4-7,10-11,13H2,1-3H3,(H,22,25). The maximum atomic E-state index is 12.6. The zero-order chi connectivity index (χ0) is 22.8. The van der Waals surface area contributed by atoms with Crippen molar-refractivity contribution in [2.24, 2.45) is 17.8 Å². The van der Waals surface area contributed by atoms with E-state index in [2.05, 4.69) is 5.32 Å². The molecule has 0 radical (unpaired) electrons. The highest BCUT2D eigenvalue weighted by Crippen LogP contribution is 2.49. The molecular formula is C21H31N3O6S. The van der Waals surface area contributed by atoms with Crippen LogP contribution in [0.4, 0.5) is 5.69 Å². The van der Waals surface area contributed by atoms with Crippen molar-refractivity contribution in [2.75, 3.05) is 19.7 Å². The fraction of sp³-hybridized carbons (Fsp3) is 0.667. The molecule has 31 heavy (non-hydrogen) atoms. The van der Waals surface area contributed by atoms with Crippen molar-refractivity contribution in [1.29, 1.82) is 0 Å². The van der Waals surface area contributed by atoms with Gasteiger partial charge in [-0.25, -0.2) is 8.42 Å². The van der Waals surface area contributed by atoms with Gasteiger partial charge in [0.25, 0.3) is 5.91 Å². The van der Waals surface area contributed by atoms with Crippen LogP contribution >= 0.6 is 0 Å². The van der Waals surface area contributed by atoms with Crippen molar-refractivity contribution in [3.8, 4) is 5.75 Å². The number of ether oxygens (including phenoxy) is 1. The first kappa shape index (κ1) is 23.5. The monoisotopic (exact) mass is 453 g/mol. The second-order valence-corrected chi connectivity index (χ2v) is 10.4. The first-order chi connectivity index (χ1) is 14.7. The molecule has 0 saturated heterocycles. The van der Waals surface area contributed by atoms with E-state index in [-0.39, 0.29) is 42.3 Å². The van der Waals surface area contributed by atoms with E-state index in [1.807, 2.05) is 6.92 Å². The van der Waals surface area contributed by atoms with Crippen LogP contribution in [0.15, 0.2) is 23.1 Å². The van der Waals surface area contributed by atoms with E-state index in [0.717, 1.165) is 18.4 Å². The van der Waals surface area contributed by atoms with Crippen LogP contribution in [0, 0.1) is 27.9 Å². The van der Waals surface area contributed by atoms with Crippen LogP contribution in [0.5, 0.6) is 5.75 Å². The number of amides is 1. The Hall–Kier alpha value is -2.20. The van der Waals surface area contributed by atoms with Crippen LogP contribution in [-0.2, 0) is 14.8 Å². The quantitative estimate of drug-likeness (QED) is 0.430. The molecule has 0 spiro atoms. The van der Waals surface area contributed by atoms with Gasteiger partial charge in [0.15, 0.2) is 12.4 Å². The van der Waals surface area contributed by atoms with Crippen LogP contribution < -0.4 is 10.1 Å². The molecular weight excluding hydrogens is 422 g/mol. The molecule has 9 nitrogen and oxygen atoms in total. The summed E-state index contributed by atoms with van der Waals surface area (Å²) in [5.41, 5.74) is -0.484. The Labute approximate surface area is 183 Å². The highest BCUT2D eigenvalue weighted by atomic mass is 32.2. The third-order valence-corrected chi connectivity index (χ3v) is 8.70. The lowest BCUT2D eigenvalue weighted by Crippen LogP contribution is -2.42. The maximum Gasteiger partial charge on any atom is 0.312 e. The first-order valence-electron chi connectivity index (χ1n) is 10.9. The van der Waals surface area contributed by atoms with Gasteiger partial charge < -0.3 is 10.1 Å². The van der Waals surface area contributed by atoms with Crippen molar-refractivity contribution in [1.82, 2.24) is 9.62 Å². The van der Waals surface area contributed by atoms with Crippen LogP contribution in [0.3, 0.4) is 0 Å². The Bertz CT molecular complexity index is 931. The van der Waals surface area contributed by atoms with Gasteiger partial charge in [-0.15, -0.1) is 0 Å². The molecule has 2 bridgehead atoms. The molecule has 2 saturated carbocycles. The van der Waals surface area contributed by atoms with Crippen molar-refractivity contribution < 1.29 is 22.9 Å². The van der Waals surface area contributed by atoms with Gasteiger partial charge in [0.2, 0.25) is 10.0 Å². The van der Waals surface area contributed by atoms with Crippen LogP contribution in [0.1, 0.15) is 46.5 Å². The van der Waals surface area contributed by atoms with Gasteiger partial charge in [-0.2, -0.15) is 4.31 Å². The summed E-state index contributed by atoms with van der Waals surface area (Å²) in [6, 6.07) is 3.52. The fourth-order valence-corrected chi connectivity index (χ4v) is 6.57. The molecule has 2 aliphatic rings. The Morgan fingerprint density at radius 2 is 2.00 bits per heavy atom. The molecule has 1 aromatic carbocycles. The number of hydrogen-bond donors (Lipinski definition) is 1. The van der Waals surface area contributed by atoms with Gasteiger partial charge in [0.1, 0.15) is 0 Å². The van der Waals surface area contributed by atoms with E-state index >= 15 is 0 Å². The van der Waals surface area contributed by atoms with Crippen molar-refractivity contribution in [2.45, 2.75) is 57.4 Å². The number of nitro groups is 1. The summed E-state index contributed by atoms with van der Waals surface area (Å²) in [7, 11) is -3.84. The molecule has 1 N–H and O–H groups in total. The van der Waals surface area contributed by atoms with Gasteiger partial charge in [-0.3, -0.25) is 14.9 Å². The third-order valence-electron chi connectivity index (χ3n) is 6.65. The Balaban J connectivity index is 1.65. The summed E-state index contributed by atoms with van der Waals surface area (Å²) in [5.74, 6) is 1.44. The molecule has 2 fully saturated rings. The number of benzene rings is 1. The summed E-state index contributed by atoms with van der Waals surface area (Å²) < 4.78 is 31.9. The van der Waals surface area contributed by atoms with E-state index in [1.165, 1.54) is 35.7 Å². The van der Waals surface area contributed by atoms with E-state index in [9.17, 15) is 23.3 Å². The van der Waals surface area contributed by atoms with E-state index in [4.69, 9.17) is 4.74 Å². The molecule has 1 aromatic rings. The molecule has 10 heteroatoms. The number of carbonyl (C=O) groups excluding carboxylic acids is 1. The van der Waals surface area contributed by atoms with Crippen LogP contribution in [0.25, 0.3) is 0 Å². The lowest BCUT2D eigenvalue weighted by atomic mass is 9.84. The van der Waals surface area contributed by atoms with Gasteiger partial charge in [0.05, 0.1) is 9.82 Å². The number of nitrogens with zero attached hydrogens (tertiary/aromatic N) is 2. The molecule has 0 aliphatic heterocycles. The van der Waals surface area contributed by atoms with Crippen molar-refractivity contribution in [3.05, 3.63) is 28.3 Å². The minimum atomic E-state index is -3.84. The van der Waals surface area contributed by atoms with E-state index < -0.39 is 20.6 Å². The van der Waals surface area contributed by atoms with Crippen molar-refractivity contribution in [3.63, 3.8) is 0 Å². The number of nitro benzene ring substituents is 1. The second-order valence-electron chi connectivity index (χ2n) is 8.46. The molecule has 0 heterocycles. The average Bonchev–Trinajstić information content (AvgIpc) is 3.36. The maximum absolute atomic E-state index is 12.6. The zero-order valence-corrected chi connectivity index (χ0v) is 19.1. The third kappa shape index (κ3) is 5.01. The number of sulfonamides is 1. The second kappa shape index (κ2) is 9.52. The summed E-state index contributed by atoms with van der Waals surface area (Å²) >= 11 is 0. The van der Waals surface area contributed by atoms with E-state index in [1.54, 1.807) is 13.8 Å². The lowest BCUT2D eigenvalue weighted by molar-refractivity contribution is -0.386. The smallest absolute Gasteiger partial charge is 0.312 e. The SMILES string of the molecule is CCN(CC)S(=O)(=O)c1ccc(OCC(=O)NC(C)C2CC3CCC2C3)c([N+](=O)[O-])c1. The predicted molar refractivity (Wildman–Crippen MR) is 115 cm³/mol. The average molecular weight is 454 g/mol. The lowest BCUT2D eigenvalue weighted by Gasteiger charge is -2.28. The first-order valence-corrected chi connectivity index (χ1v) is 12.3. The molecule has 3 rings (SSSR count). The highest BCUT2D eigenvalue weighted by Gasteiger charge is 2.42. The molecule has 1 amide bonds. The molecule has 2 aliphatic carbocycles. The molecule has 0 aromatic heterocycles. The Morgan fingerprint density at radius 1 is 1.29 bits per heavy atom. The summed E-state index contributed by atoms with van der Waals surface area (Å²) in [6.45, 7) is 5.54. The predicted octanol–water partition coefficient (Wildman–Crippen LogP) is 2.95. The van der Waals surface area contributed by atoms with Crippen LogP contribution in [-0.4, -0.2) is 49.3 Å². The zero-order valence-electron chi connectivity index (χ0n) is 18.2. The van der Waals surface area contributed by atoms with Crippen molar-refractivity contribution >= 4 is 21.6 Å². The minimum Gasteiger partial charge on any atom is -0.477 e. The Morgan fingerprint density at radius 3 is 2.55 bits per heavy atom. The van der Waals surface area contributed by atoms with Gasteiger partial charge in [0, 0.05) is 25.2 Å². The minimum absolute atomic E-state index is 0.0305. The number of carbonyl (C=O) groups is 1. The summed E-state index contributed by atoms with van der Waals surface area (Å²) in [4.78, 5) is 23.0. The van der Waals surface area contributed by atoms with Gasteiger partial charge in [-0.05, 0) is 56.1 Å². The van der Waals surface area contributed by atoms with Gasteiger partial charge >= 0.3 is 5.69 Å². The normalized spacial score (nSPS) is 23.7. The highest BCUT2D eigenvalue weighted by molar-refractivity contribution is 7.89. The fourth-order valence-electron chi connectivity index (χ4n) is 5.09. The number of rotatable bonds is 10. The topological polar surface area (TPSA) is 119 Å². The number of nitrogens with one attached hydrogen (secondary N) is 1. The number of fused-ring (bicyclic) bond motifs is 2. The van der Waals surface area contributed by atoms with Crippen LogP contribution in [0.2, 0.25) is 0 Å². The molecule has 4 unspecified atom stereocenters. The number of hydrogen-bond acceptors (Lipinski definition) is 6. The summed E-state index contributed by atoms with van der Waals surface area (Å²) in [5, 5.41) is 14.5. The Kier molecular flexibility index (Phi) is 7.20. The largest absolute Gasteiger partial charge is 0.477 e. The molecule has 172 valence electrons. The summed E-state index contributed by atoms with van der Waals surface area (Å²) in [6.07, 6.45) is 4.90. The van der Waals surface area contributed by atoms with E-state index in [0.29, 0.717) is 11.8 Å².